The fourth-order valence-electron chi connectivity index (χ4n) is 4.43. The predicted octanol–water partition coefficient (Wildman–Crippen LogP) is 3.82. The molecule has 7 heteroatoms. The molecule has 1 atom stereocenters. The Hall–Kier alpha value is -3.32. The van der Waals surface area contributed by atoms with Gasteiger partial charge in [0, 0.05) is 40.3 Å². The van der Waals surface area contributed by atoms with E-state index in [1.807, 2.05) is 37.3 Å². The van der Waals surface area contributed by atoms with Crippen molar-refractivity contribution in [3.8, 4) is 11.5 Å². The number of carbonyl (C=O) groups is 2. The average Bonchev–Trinajstić information content (AvgIpc) is 3.45. The van der Waals surface area contributed by atoms with E-state index in [0.29, 0.717) is 30.3 Å². The summed E-state index contributed by atoms with van der Waals surface area (Å²) in [6.07, 6.45) is 3.25. The largest absolute Gasteiger partial charge is 0.454 e. The van der Waals surface area contributed by atoms with Gasteiger partial charge in [0.1, 0.15) is 0 Å². The molecule has 2 aliphatic heterocycles. The van der Waals surface area contributed by atoms with E-state index in [0.717, 1.165) is 29.3 Å². The van der Waals surface area contributed by atoms with Crippen LogP contribution in [0.4, 0.5) is 5.69 Å². The van der Waals surface area contributed by atoms with Crippen LogP contribution in [0.2, 0.25) is 0 Å². The van der Waals surface area contributed by atoms with Crippen LogP contribution in [0, 0.1) is 5.92 Å². The summed E-state index contributed by atoms with van der Waals surface area (Å²) in [5.41, 5.74) is 2.40. The maximum atomic E-state index is 13.1. The van der Waals surface area contributed by atoms with Crippen LogP contribution in [0.1, 0.15) is 30.1 Å². The van der Waals surface area contributed by atoms with E-state index in [-0.39, 0.29) is 30.4 Å². The smallest absolute Gasteiger partial charge is 0.231 e. The number of H-pyrrole nitrogens is 1. The molecule has 5 rings (SSSR count). The van der Waals surface area contributed by atoms with E-state index in [4.69, 9.17) is 9.47 Å². The third-order valence-corrected chi connectivity index (χ3v) is 6.32. The van der Waals surface area contributed by atoms with Gasteiger partial charge in [-0.05, 0) is 51.1 Å². The minimum atomic E-state index is -0.225. The zero-order valence-electron chi connectivity index (χ0n) is 17.4. The molecule has 160 valence electrons. The first-order chi connectivity index (χ1) is 15.1. The number of hydrogen-bond acceptors (Lipinski definition) is 5. The van der Waals surface area contributed by atoms with Gasteiger partial charge in [-0.2, -0.15) is 0 Å². The van der Waals surface area contributed by atoms with Crippen LogP contribution in [-0.4, -0.2) is 47.5 Å². The molecule has 0 aliphatic carbocycles. The quantitative estimate of drug-likeness (QED) is 0.615. The molecule has 1 fully saturated rings. The Morgan fingerprint density at radius 2 is 1.87 bits per heavy atom. The molecule has 1 saturated heterocycles. The van der Waals surface area contributed by atoms with Crippen molar-refractivity contribution in [2.75, 3.05) is 25.2 Å². The number of nitrogens with zero attached hydrogens (tertiary/aromatic N) is 1. The topological polar surface area (TPSA) is 83.7 Å². The van der Waals surface area contributed by atoms with Gasteiger partial charge >= 0.3 is 0 Å². The third kappa shape index (κ3) is 3.77. The number of aromatic amines is 1. The number of para-hydroxylation sites is 1. The Bertz CT molecular complexity index is 1130. The van der Waals surface area contributed by atoms with Gasteiger partial charge < -0.3 is 19.8 Å². The van der Waals surface area contributed by atoms with Crippen molar-refractivity contribution in [1.82, 2.24) is 9.88 Å². The molecular weight excluding hydrogens is 394 g/mol. The lowest BCUT2D eigenvalue weighted by atomic mass is 9.93. The number of likely N-dealkylation sites (tertiary alicyclic amines) is 1. The van der Waals surface area contributed by atoms with E-state index in [1.165, 1.54) is 0 Å². The lowest BCUT2D eigenvalue weighted by molar-refractivity contribution is -0.121. The number of ketones is 1. The molecule has 2 aliphatic rings. The highest BCUT2D eigenvalue weighted by molar-refractivity contribution is 6.10. The van der Waals surface area contributed by atoms with Crippen LogP contribution >= 0.6 is 0 Å². The summed E-state index contributed by atoms with van der Waals surface area (Å²) in [4.78, 5) is 31.2. The Morgan fingerprint density at radius 1 is 1.10 bits per heavy atom. The highest BCUT2D eigenvalue weighted by Crippen LogP contribution is 2.34. The lowest BCUT2D eigenvalue weighted by Gasteiger charge is -2.34. The molecule has 2 N–H and O–H groups in total. The number of anilines is 1. The van der Waals surface area contributed by atoms with E-state index in [9.17, 15) is 9.59 Å². The van der Waals surface area contributed by atoms with E-state index in [2.05, 4.69) is 15.2 Å². The van der Waals surface area contributed by atoms with Crippen molar-refractivity contribution in [3.05, 3.63) is 54.2 Å². The summed E-state index contributed by atoms with van der Waals surface area (Å²) in [6.45, 7) is 3.60. The summed E-state index contributed by atoms with van der Waals surface area (Å²) in [6, 6.07) is 13.0. The fourth-order valence-corrected chi connectivity index (χ4v) is 4.43. The summed E-state index contributed by atoms with van der Waals surface area (Å²) in [5.74, 6) is 1.39. The number of benzene rings is 2. The maximum absolute atomic E-state index is 13.1. The van der Waals surface area contributed by atoms with E-state index < -0.39 is 0 Å². The van der Waals surface area contributed by atoms with Gasteiger partial charge in [-0.1, -0.05) is 18.2 Å². The van der Waals surface area contributed by atoms with Gasteiger partial charge in [0.2, 0.25) is 12.7 Å². The number of Topliss-reactive ketones (excluding diaryl/α,β-unsaturated/α-hetero) is 1. The standard InChI is InChI=1S/C24H25N3O4/c1-15(23(28)19-13-25-20-5-3-2-4-18(19)20)27-10-8-16(9-11-27)24(29)26-17-6-7-21-22(12-17)31-14-30-21/h2-7,12-13,15-16,25H,8-11,14H2,1H3,(H,26,29)/t15-/m1/s1. The first kappa shape index (κ1) is 19.6. The van der Waals surface area contributed by atoms with E-state index >= 15 is 0 Å². The first-order valence-electron chi connectivity index (χ1n) is 10.6. The Kier molecular flexibility index (Phi) is 5.11. The molecule has 3 heterocycles. The number of rotatable bonds is 5. The number of fused-ring (bicyclic) bond motifs is 2. The van der Waals surface area contributed by atoms with Gasteiger partial charge in [-0.25, -0.2) is 0 Å². The number of aromatic nitrogens is 1. The fraction of sp³-hybridized carbons (Fsp3) is 0.333. The van der Waals surface area contributed by atoms with Crippen molar-refractivity contribution in [2.45, 2.75) is 25.8 Å². The van der Waals surface area contributed by atoms with Gasteiger partial charge in [0.15, 0.2) is 17.3 Å². The minimum absolute atomic E-state index is 0.00845. The molecule has 31 heavy (non-hydrogen) atoms. The summed E-state index contributed by atoms with van der Waals surface area (Å²) >= 11 is 0. The highest BCUT2D eigenvalue weighted by Gasteiger charge is 2.31. The van der Waals surface area contributed by atoms with Crippen LogP contribution in [0.25, 0.3) is 10.9 Å². The zero-order chi connectivity index (χ0) is 21.4. The SMILES string of the molecule is C[C@H](C(=O)c1c[nH]c2ccccc12)N1CCC(C(=O)Nc2ccc3c(c2)OCO3)CC1. The molecule has 1 amide bonds. The Labute approximate surface area is 180 Å². The summed E-state index contributed by atoms with van der Waals surface area (Å²) in [7, 11) is 0. The molecule has 7 nitrogen and oxygen atoms in total. The Balaban J connectivity index is 1.19. The third-order valence-electron chi connectivity index (χ3n) is 6.32. The zero-order valence-corrected chi connectivity index (χ0v) is 17.4. The minimum Gasteiger partial charge on any atom is -0.454 e. The van der Waals surface area contributed by atoms with Crippen LogP contribution < -0.4 is 14.8 Å². The normalized spacial score (nSPS) is 17.6. The van der Waals surface area contributed by atoms with Gasteiger partial charge in [0.25, 0.3) is 0 Å². The monoisotopic (exact) mass is 419 g/mol. The van der Waals surface area contributed by atoms with Gasteiger partial charge in [-0.15, -0.1) is 0 Å². The van der Waals surface area contributed by atoms with Gasteiger partial charge in [-0.3, -0.25) is 14.5 Å². The molecular formula is C24H25N3O4. The molecule has 0 unspecified atom stereocenters. The second-order valence-corrected chi connectivity index (χ2v) is 8.16. The number of nitrogens with one attached hydrogen (secondary N) is 2. The molecule has 0 bridgehead atoms. The number of ether oxygens (including phenoxy) is 2. The van der Waals surface area contributed by atoms with Crippen LogP contribution in [-0.2, 0) is 4.79 Å². The van der Waals surface area contributed by atoms with Crippen molar-refractivity contribution in [3.63, 3.8) is 0 Å². The predicted molar refractivity (Wildman–Crippen MR) is 118 cm³/mol. The van der Waals surface area contributed by atoms with Crippen molar-refractivity contribution in [1.29, 1.82) is 0 Å². The molecule has 0 saturated carbocycles. The highest BCUT2D eigenvalue weighted by atomic mass is 16.7. The first-order valence-corrected chi connectivity index (χ1v) is 10.6. The lowest BCUT2D eigenvalue weighted by Crippen LogP contribution is -2.45. The van der Waals surface area contributed by atoms with Crippen molar-refractivity contribution in [2.24, 2.45) is 5.92 Å². The maximum Gasteiger partial charge on any atom is 0.231 e. The average molecular weight is 419 g/mol. The van der Waals surface area contributed by atoms with E-state index in [1.54, 1.807) is 18.3 Å². The van der Waals surface area contributed by atoms with Crippen LogP contribution in [0.5, 0.6) is 11.5 Å². The molecule has 0 spiro atoms. The summed E-state index contributed by atoms with van der Waals surface area (Å²) in [5, 5.41) is 3.94. The van der Waals surface area contributed by atoms with Crippen LogP contribution in [0.3, 0.4) is 0 Å². The molecule has 3 aromatic rings. The second-order valence-electron chi connectivity index (χ2n) is 8.16. The van der Waals surface area contributed by atoms with Crippen molar-refractivity contribution < 1.29 is 19.1 Å². The number of amides is 1. The van der Waals surface area contributed by atoms with Crippen LogP contribution in [0.15, 0.2) is 48.7 Å². The number of hydrogen-bond donors (Lipinski definition) is 2. The molecule has 0 radical (unpaired) electrons. The number of piperidine rings is 1. The van der Waals surface area contributed by atoms with Crippen molar-refractivity contribution >= 4 is 28.3 Å². The number of carbonyl (C=O) groups excluding carboxylic acids is 2. The van der Waals surface area contributed by atoms with Gasteiger partial charge in [0.05, 0.1) is 6.04 Å². The molecule has 1 aromatic heterocycles. The Morgan fingerprint density at radius 3 is 2.71 bits per heavy atom. The summed E-state index contributed by atoms with van der Waals surface area (Å²) < 4.78 is 10.7. The molecule has 2 aromatic carbocycles. The second kappa shape index (κ2) is 8.07.